The molecule has 0 saturated heterocycles. The Bertz CT molecular complexity index is 361. The van der Waals surface area contributed by atoms with Crippen LogP contribution >= 0.6 is 12.6 Å². The molecule has 0 heterocycles. The molecule has 0 bridgehead atoms. The Morgan fingerprint density at radius 1 is 1.44 bits per heavy atom. The van der Waals surface area contributed by atoms with Crippen molar-refractivity contribution in [2.24, 2.45) is 4.99 Å². The fraction of sp³-hybridized carbons (Fsp3) is 0.417. The molecule has 0 aliphatic carbocycles. The largest absolute Gasteiger partial charge is 0.346 e. The Balaban J connectivity index is 2.42. The zero-order valence-electron chi connectivity index (χ0n) is 10.1. The second-order valence-corrected chi connectivity index (χ2v) is 4.49. The van der Waals surface area contributed by atoms with Crippen molar-refractivity contribution in [1.82, 2.24) is 4.90 Å². The van der Waals surface area contributed by atoms with Gasteiger partial charge in [-0.2, -0.15) is 0 Å². The van der Waals surface area contributed by atoms with Crippen molar-refractivity contribution >= 4 is 24.7 Å². The number of benzene rings is 1. The molecule has 0 amide bonds. The van der Waals surface area contributed by atoms with Crippen molar-refractivity contribution in [3.05, 3.63) is 23.8 Å². The number of nitrogens with one attached hydrogen (secondary N) is 1. The first-order chi connectivity index (χ1) is 7.59. The zero-order chi connectivity index (χ0) is 12.0. The third kappa shape index (κ3) is 4.68. The van der Waals surface area contributed by atoms with Crippen molar-refractivity contribution in [3.8, 4) is 0 Å². The van der Waals surface area contributed by atoms with E-state index in [9.17, 15) is 0 Å². The maximum absolute atomic E-state index is 4.39. The minimum absolute atomic E-state index is 0.799. The van der Waals surface area contributed by atoms with Crippen LogP contribution < -0.4 is 5.32 Å². The van der Waals surface area contributed by atoms with E-state index >= 15 is 0 Å². The van der Waals surface area contributed by atoms with Crippen LogP contribution in [0.2, 0.25) is 0 Å². The van der Waals surface area contributed by atoms with Crippen molar-refractivity contribution in [2.45, 2.75) is 11.8 Å². The third-order valence-corrected chi connectivity index (χ3v) is 2.51. The van der Waals surface area contributed by atoms with E-state index in [0.717, 1.165) is 23.7 Å². The molecule has 0 aliphatic rings. The number of hydrogen-bond acceptors (Lipinski definition) is 3. The molecule has 0 saturated carbocycles. The molecular weight excluding hydrogens is 218 g/mol. The van der Waals surface area contributed by atoms with Crippen molar-refractivity contribution in [2.75, 3.05) is 32.5 Å². The minimum Gasteiger partial charge on any atom is -0.346 e. The summed E-state index contributed by atoms with van der Waals surface area (Å²) in [6, 6.07) is 6.09. The zero-order valence-corrected chi connectivity index (χ0v) is 11.0. The van der Waals surface area contributed by atoms with Gasteiger partial charge in [0.2, 0.25) is 0 Å². The molecule has 0 aromatic heterocycles. The van der Waals surface area contributed by atoms with E-state index in [4.69, 9.17) is 0 Å². The highest BCUT2D eigenvalue weighted by molar-refractivity contribution is 7.80. The lowest BCUT2D eigenvalue weighted by atomic mass is 10.2. The summed E-state index contributed by atoms with van der Waals surface area (Å²) in [4.78, 5) is 7.31. The van der Waals surface area contributed by atoms with Crippen LogP contribution in [0.3, 0.4) is 0 Å². The molecule has 0 aliphatic heterocycles. The van der Waals surface area contributed by atoms with E-state index in [1.165, 1.54) is 5.56 Å². The van der Waals surface area contributed by atoms with E-state index < -0.39 is 0 Å². The molecule has 1 aromatic rings. The van der Waals surface area contributed by atoms with Crippen LogP contribution in [0.15, 0.2) is 28.1 Å². The molecule has 4 heteroatoms. The molecule has 0 spiro atoms. The summed E-state index contributed by atoms with van der Waals surface area (Å²) in [6.07, 6.45) is 1.73. The summed E-state index contributed by atoms with van der Waals surface area (Å²) in [5, 5.41) is 3.13. The predicted molar refractivity (Wildman–Crippen MR) is 74.0 cm³/mol. The summed E-state index contributed by atoms with van der Waals surface area (Å²) in [6.45, 7) is 3.81. The van der Waals surface area contributed by atoms with E-state index in [1.54, 1.807) is 6.34 Å². The van der Waals surface area contributed by atoms with Gasteiger partial charge in [0.05, 0.1) is 18.6 Å². The standard InChI is InChI=1S/C12H19N3S/c1-10-4-5-11(12(16)8-10)14-9-13-6-7-15(2)3/h4-5,8-9,16H,6-7H2,1-3H3,(H,13,14). The lowest BCUT2D eigenvalue weighted by molar-refractivity contribution is 0.421. The summed E-state index contributed by atoms with van der Waals surface area (Å²) in [5.74, 6) is 0. The van der Waals surface area contributed by atoms with E-state index in [0.29, 0.717) is 0 Å². The smallest absolute Gasteiger partial charge is 0.0868 e. The molecule has 88 valence electrons. The molecule has 1 N–H and O–H groups in total. The fourth-order valence-electron chi connectivity index (χ4n) is 1.20. The van der Waals surface area contributed by atoms with E-state index in [-0.39, 0.29) is 0 Å². The lowest BCUT2D eigenvalue weighted by Gasteiger charge is -2.07. The summed E-state index contributed by atoms with van der Waals surface area (Å²) in [5.41, 5.74) is 2.20. The molecule has 3 nitrogen and oxygen atoms in total. The molecule has 16 heavy (non-hydrogen) atoms. The van der Waals surface area contributed by atoms with Crippen molar-refractivity contribution in [1.29, 1.82) is 0 Å². The number of aliphatic imine (C=N–C) groups is 1. The van der Waals surface area contributed by atoms with Gasteiger partial charge in [-0.15, -0.1) is 12.6 Å². The number of likely N-dealkylation sites (N-methyl/N-ethyl adjacent to an activating group) is 1. The SMILES string of the molecule is Cc1ccc(NC=NCCN(C)C)c(S)c1. The number of rotatable bonds is 5. The highest BCUT2D eigenvalue weighted by atomic mass is 32.1. The van der Waals surface area contributed by atoms with Crippen LogP contribution in [0, 0.1) is 6.92 Å². The van der Waals surface area contributed by atoms with Crippen molar-refractivity contribution in [3.63, 3.8) is 0 Å². The van der Waals surface area contributed by atoms with Crippen LogP contribution in [0.1, 0.15) is 5.56 Å². The van der Waals surface area contributed by atoms with Gasteiger partial charge in [0.15, 0.2) is 0 Å². The molecule has 0 unspecified atom stereocenters. The quantitative estimate of drug-likeness (QED) is 0.467. The molecule has 1 aromatic carbocycles. The fourth-order valence-corrected chi connectivity index (χ4v) is 1.54. The lowest BCUT2D eigenvalue weighted by Crippen LogP contribution is -2.15. The first-order valence-electron chi connectivity index (χ1n) is 5.29. The molecule has 0 atom stereocenters. The van der Waals surface area contributed by atoms with Gasteiger partial charge < -0.3 is 10.2 Å². The topological polar surface area (TPSA) is 27.6 Å². The maximum atomic E-state index is 4.39. The van der Waals surface area contributed by atoms with Gasteiger partial charge in [-0.3, -0.25) is 4.99 Å². The monoisotopic (exact) mass is 237 g/mol. The van der Waals surface area contributed by atoms with E-state index in [2.05, 4.69) is 40.8 Å². The van der Waals surface area contributed by atoms with Crippen LogP contribution in [0.5, 0.6) is 0 Å². The average molecular weight is 237 g/mol. The van der Waals surface area contributed by atoms with Gasteiger partial charge in [-0.25, -0.2) is 0 Å². The Hall–Kier alpha value is -1.00. The van der Waals surface area contributed by atoms with Crippen molar-refractivity contribution < 1.29 is 0 Å². The normalized spacial score (nSPS) is 11.3. The Labute approximate surface area is 103 Å². The van der Waals surface area contributed by atoms with Gasteiger partial charge in [0, 0.05) is 11.4 Å². The Kier molecular flexibility index (Phi) is 5.35. The molecule has 0 fully saturated rings. The van der Waals surface area contributed by atoms with Gasteiger partial charge >= 0.3 is 0 Å². The van der Waals surface area contributed by atoms with Crippen LogP contribution in [0.25, 0.3) is 0 Å². The highest BCUT2D eigenvalue weighted by Crippen LogP contribution is 2.19. The number of nitrogens with zero attached hydrogens (tertiary/aromatic N) is 2. The first kappa shape index (κ1) is 13.1. The molecule has 0 radical (unpaired) electrons. The average Bonchev–Trinajstić information content (AvgIpc) is 2.20. The Morgan fingerprint density at radius 2 is 2.19 bits per heavy atom. The van der Waals surface area contributed by atoms with E-state index in [1.807, 2.05) is 26.2 Å². The van der Waals surface area contributed by atoms with Gasteiger partial charge in [0.1, 0.15) is 0 Å². The predicted octanol–water partition coefficient (Wildman–Crippen LogP) is 2.29. The second-order valence-electron chi connectivity index (χ2n) is 4.00. The highest BCUT2D eigenvalue weighted by Gasteiger charge is 1.95. The number of thiol groups is 1. The maximum Gasteiger partial charge on any atom is 0.0868 e. The van der Waals surface area contributed by atoms with Gasteiger partial charge in [-0.05, 0) is 38.7 Å². The number of aryl methyl sites for hydroxylation is 1. The van der Waals surface area contributed by atoms with Gasteiger partial charge in [-0.1, -0.05) is 6.07 Å². The summed E-state index contributed by atoms with van der Waals surface area (Å²) >= 11 is 4.39. The number of anilines is 1. The van der Waals surface area contributed by atoms with Crippen LogP contribution in [0.4, 0.5) is 5.69 Å². The third-order valence-electron chi connectivity index (χ3n) is 2.14. The van der Waals surface area contributed by atoms with Crippen LogP contribution in [-0.4, -0.2) is 38.4 Å². The summed E-state index contributed by atoms with van der Waals surface area (Å²) < 4.78 is 0. The second kappa shape index (κ2) is 6.55. The number of hydrogen-bond donors (Lipinski definition) is 2. The minimum atomic E-state index is 0.799. The molecule has 1 rings (SSSR count). The van der Waals surface area contributed by atoms with Crippen LogP contribution in [-0.2, 0) is 0 Å². The first-order valence-corrected chi connectivity index (χ1v) is 5.73. The summed E-state index contributed by atoms with van der Waals surface area (Å²) in [7, 11) is 4.07. The Morgan fingerprint density at radius 3 is 2.81 bits per heavy atom. The molecular formula is C12H19N3S. The van der Waals surface area contributed by atoms with Gasteiger partial charge in [0.25, 0.3) is 0 Å².